The Bertz CT molecular complexity index is 218. The molecule has 0 radical (unpaired) electrons. The van der Waals surface area contributed by atoms with Gasteiger partial charge in [0.1, 0.15) is 0 Å². The first kappa shape index (κ1) is 8.27. The van der Waals surface area contributed by atoms with E-state index in [-0.39, 0.29) is 0 Å². The van der Waals surface area contributed by atoms with E-state index in [1.54, 1.807) is 0 Å². The maximum absolute atomic E-state index is 4.12. The van der Waals surface area contributed by atoms with Crippen LogP contribution in [0.3, 0.4) is 0 Å². The van der Waals surface area contributed by atoms with Gasteiger partial charge < -0.3 is 4.90 Å². The minimum Gasteiger partial charge on any atom is -0.305 e. The number of nitrogens with zero attached hydrogens (tertiary/aromatic N) is 2. The van der Waals surface area contributed by atoms with Crippen molar-refractivity contribution >= 4 is 0 Å². The van der Waals surface area contributed by atoms with E-state index in [0.717, 1.165) is 12.2 Å². The third kappa shape index (κ3) is 1.80. The van der Waals surface area contributed by atoms with Crippen molar-refractivity contribution in [2.75, 3.05) is 14.1 Å². The fourth-order valence-electron chi connectivity index (χ4n) is 1.12. The van der Waals surface area contributed by atoms with Gasteiger partial charge in [-0.3, -0.25) is 5.10 Å². The van der Waals surface area contributed by atoms with Gasteiger partial charge in [0.05, 0.1) is 5.69 Å². The standard InChI is InChI=1S/C8H15N3/c1-6-8(5-11(3)4)7(2)10-9-6/h5H2,1-4H3,(H,9,10). The van der Waals surface area contributed by atoms with Crippen LogP contribution in [0, 0.1) is 13.8 Å². The van der Waals surface area contributed by atoms with Gasteiger partial charge in [-0.25, -0.2) is 0 Å². The molecule has 0 saturated carbocycles. The van der Waals surface area contributed by atoms with Crippen LogP contribution in [0.5, 0.6) is 0 Å². The summed E-state index contributed by atoms with van der Waals surface area (Å²) in [7, 11) is 4.12. The van der Waals surface area contributed by atoms with E-state index in [2.05, 4.69) is 36.1 Å². The van der Waals surface area contributed by atoms with E-state index in [9.17, 15) is 0 Å². The highest BCUT2D eigenvalue weighted by Gasteiger charge is 2.05. The largest absolute Gasteiger partial charge is 0.305 e. The Morgan fingerprint density at radius 3 is 2.36 bits per heavy atom. The highest BCUT2D eigenvalue weighted by molar-refractivity contribution is 5.22. The van der Waals surface area contributed by atoms with Crippen LogP contribution in [0.2, 0.25) is 0 Å². The van der Waals surface area contributed by atoms with Gasteiger partial charge in [0, 0.05) is 17.8 Å². The Kier molecular flexibility index (Phi) is 2.29. The van der Waals surface area contributed by atoms with Gasteiger partial charge in [0.25, 0.3) is 0 Å². The van der Waals surface area contributed by atoms with Crippen molar-refractivity contribution in [2.45, 2.75) is 20.4 Å². The summed E-state index contributed by atoms with van der Waals surface area (Å²) in [5, 5.41) is 7.08. The van der Waals surface area contributed by atoms with Crippen molar-refractivity contribution in [3.8, 4) is 0 Å². The third-order valence-electron chi connectivity index (χ3n) is 1.76. The molecule has 0 aromatic carbocycles. The highest BCUT2D eigenvalue weighted by atomic mass is 15.1. The molecule has 1 heterocycles. The summed E-state index contributed by atoms with van der Waals surface area (Å²) < 4.78 is 0. The van der Waals surface area contributed by atoms with Crippen LogP contribution in [0.15, 0.2) is 0 Å². The Labute approximate surface area is 67.4 Å². The molecule has 0 aliphatic carbocycles. The number of hydrogen-bond acceptors (Lipinski definition) is 2. The van der Waals surface area contributed by atoms with Crippen LogP contribution in [0.4, 0.5) is 0 Å². The van der Waals surface area contributed by atoms with Crippen molar-refractivity contribution in [2.24, 2.45) is 0 Å². The van der Waals surface area contributed by atoms with Crippen LogP contribution in [0.25, 0.3) is 0 Å². The molecule has 0 saturated heterocycles. The van der Waals surface area contributed by atoms with E-state index in [1.807, 2.05) is 6.92 Å². The first-order valence-corrected chi connectivity index (χ1v) is 3.76. The van der Waals surface area contributed by atoms with Gasteiger partial charge in [-0.2, -0.15) is 5.10 Å². The van der Waals surface area contributed by atoms with Crippen LogP contribution in [0.1, 0.15) is 17.0 Å². The van der Waals surface area contributed by atoms with Crippen molar-refractivity contribution in [3.05, 3.63) is 17.0 Å². The lowest BCUT2D eigenvalue weighted by atomic mass is 10.2. The Morgan fingerprint density at radius 1 is 1.36 bits per heavy atom. The van der Waals surface area contributed by atoms with E-state index >= 15 is 0 Å². The second-order valence-electron chi connectivity index (χ2n) is 3.15. The molecule has 0 aliphatic rings. The zero-order valence-electron chi connectivity index (χ0n) is 7.60. The molecule has 0 bridgehead atoms. The summed E-state index contributed by atoms with van der Waals surface area (Å²) in [6, 6.07) is 0. The second-order valence-corrected chi connectivity index (χ2v) is 3.15. The van der Waals surface area contributed by atoms with Crippen LogP contribution in [-0.4, -0.2) is 29.2 Å². The Hall–Kier alpha value is -0.830. The van der Waals surface area contributed by atoms with Crippen molar-refractivity contribution in [1.29, 1.82) is 0 Å². The molecule has 1 rings (SSSR count). The van der Waals surface area contributed by atoms with Crippen molar-refractivity contribution < 1.29 is 0 Å². The van der Waals surface area contributed by atoms with Gasteiger partial charge in [-0.15, -0.1) is 0 Å². The number of aromatic amines is 1. The molecule has 0 aliphatic heterocycles. The Morgan fingerprint density at radius 2 is 2.00 bits per heavy atom. The number of aryl methyl sites for hydroxylation is 2. The summed E-state index contributed by atoms with van der Waals surface area (Å²) in [5.74, 6) is 0. The summed E-state index contributed by atoms with van der Waals surface area (Å²) in [6.45, 7) is 5.05. The average Bonchev–Trinajstić information content (AvgIpc) is 2.18. The Balaban J connectivity index is 2.83. The van der Waals surface area contributed by atoms with E-state index < -0.39 is 0 Å². The molecule has 3 nitrogen and oxygen atoms in total. The zero-order valence-corrected chi connectivity index (χ0v) is 7.60. The predicted octanol–water partition coefficient (Wildman–Crippen LogP) is 1.09. The molecule has 62 valence electrons. The molecule has 0 atom stereocenters. The molecular weight excluding hydrogens is 138 g/mol. The maximum atomic E-state index is 4.12. The lowest BCUT2D eigenvalue weighted by molar-refractivity contribution is 0.400. The van der Waals surface area contributed by atoms with Gasteiger partial charge in [-0.05, 0) is 27.9 Å². The number of H-pyrrole nitrogens is 1. The third-order valence-corrected chi connectivity index (χ3v) is 1.76. The second kappa shape index (κ2) is 3.05. The van der Waals surface area contributed by atoms with Gasteiger partial charge in [0.2, 0.25) is 0 Å². The van der Waals surface area contributed by atoms with Crippen LogP contribution < -0.4 is 0 Å². The van der Waals surface area contributed by atoms with Crippen LogP contribution in [-0.2, 0) is 6.54 Å². The monoisotopic (exact) mass is 153 g/mol. The van der Waals surface area contributed by atoms with Crippen LogP contribution >= 0.6 is 0 Å². The fourth-order valence-corrected chi connectivity index (χ4v) is 1.12. The van der Waals surface area contributed by atoms with Crippen molar-refractivity contribution in [1.82, 2.24) is 15.1 Å². The molecule has 0 spiro atoms. The predicted molar refractivity (Wildman–Crippen MR) is 45.5 cm³/mol. The highest BCUT2D eigenvalue weighted by Crippen LogP contribution is 2.10. The molecule has 1 N–H and O–H groups in total. The smallest absolute Gasteiger partial charge is 0.0639 e. The first-order chi connectivity index (χ1) is 5.11. The number of rotatable bonds is 2. The average molecular weight is 153 g/mol. The lowest BCUT2D eigenvalue weighted by Crippen LogP contribution is -2.11. The molecule has 0 amide bonds. The lowest BCUT2D eigenvalue weighted by Gasteiger charge is -2.08. The summed E-state index contributed by atoms with van der Waals surface area (Å²) in [4.78, 5) is 2.14. The first-order valence-electron chi connectivity index (χ1n) is 3.76. The minimum absolute atomic E-state index is 0.966. The molecule has 3 heteroatoms. The SMILES string of the molecule is Cc1n[nH]c(C)c1CN(C)C. The quantitative estimate of drug-likeness (QED) is 0.689. The maximum Gasteiger partial charge on any atom is 0.0639 e. The van der Waals surface area contributed by atoms with E-state index in [0.29, 0.717) is 0 Å². The van der Waals surface area contributed by atoms with Crippen molar-refractivity contribution in [3.63, 3.8) is 0 Å². The fraction of sp³-hybridized carbons (Fsp3) is 0.625. The normalized spacial score (nSPS) is 11.0. The van der Waals surface area contributed by atoms with Gasteiger partial charge in [0.15, 0.2) is 0 Å². The molecule has 1 aromatic heterocycles. The number of hydrogen-bond donors (Lipinski definition) is 1. The molecule has 0 fully saturated rings. The van der Waals surface area contributed by atoms with Gasteiger partial charge >= 0.3 is 0 Å². The summed E-state index contributed by atoms with van der Waals surface area (Å²) >= 11 is 0. The minimum atomic E-state index is 0.966. The molecule has 0 unspecified atom stereocenters. The number of aromatic nitrogens is 2. The molecular formula is C8H15N3. The number of nitrogens with one attached hydrogen (secondary N) is 1. The van der Waals surface area contributed by atoms with Gasteiger partial charge in [-0.1, -0.05) is 0 Å². The summed E-state index contributed by atoms with van der Waals surface area (Å²) in [5.41, 5.74) is 3.60. The van der Waals surface area contributed by atoms with E-state index in [4.69, 9.17) is 0 Å². The summed E-state index contributed by atoms with van der Waals surface area (Å²) in [6.07, 6.45) is 0. The molecule has 11 heavy (non-hydrogen) atoms. The zero-order chi connectivity index (χ0) is 8.43. The molecule has 1 aromatic rings. The van der Waals surface area contributed by atoms with E-state index in [1.165, 1.54) is 11.3 Å². The topological polar surface area (TPSA) is 31.9 Å².